The SMILES string of the molecule is COc1c(F)cccc1C1(C(=O)O)CC1. The zero-order chi connectivity index (χ0) is 11.1. The summed E-state index contributed by atoms with van der Waals surface area (Å²) in [7, 11) is 1.35. The van der Waals surface area contributed by atoms with Crippen molar-refractivity contribution in [3.63, 3.8) is 0 Å². The first-order chi connectivity index (χ1) is 7.12. The number of carboxylic acids is 1. The van der Waals surface area contributed by atoms with Gasteiger partial charge in [0.25, 0.3) is 0 Å². The minimum absolute atomic E-state index is 0.0531. The summed E-state index contributed by atoms with van der Waals surface area (Å²) >= 11 is 0. The van der Waals surface area contributed by atoms with Crippen molar-refractivity contribution in [2.45, 2.75) is 18.3 Å². The van der Waals surface area contributed by atoms with Gasteiger partial charge in [0.2, 0.25) is 0 Å². The molecule has 80 valence electrons. The number of ether oxygens (including phenoxy) is 1. The fourth-order valence-electron chi connectivity index (χ4n) is 1.82. The van der Waals surface area contributed by atoms with Crippen molar-refractivity contribution < 1.29 is 19.0 Å². The van der Waals surface area contributed by atoms with Crippen LogP contribution in [0.5, 0.6) is 5.75 Å². The number of para-hydroxylation sites is 1. The van der Waals surface area contributed by atoms with E-state index in [2.05, 4.69) is 0 Å². The number of hydrogen-bond acceptors (Lipinski definition) is 2. The van der Waals surface area contributed by atoms with Crippen molar-refractivity contribution in [2.24, 2.45) is 0 Å². The smallest absolute Gasteiger partial charge is 0.314 e. The molecule has 4 heteroatoms. The lowest BCUT2D eigenvalue weighted by Gasteiger charge is -2.14. The molecule has 0 saturated heterocycles. The highest BCUT2D eigenvalue weighted by atomic mass is 19.1. The molecule has 2 rings (SSSR count). The second kappa shape index (κ2) is 3.22. The highest BCUT2D eigenvalue weighted by Crippen LogP contribution is 2.51. The van der Waals surface area contributed by atoms with Crippen molar-refractivity contribution in [3.05, 3.63) is 29.6 Å². The second-order valence-corrected chi connectivity index (χ2v) is 3.71. The summed E-state index contributed by atoms with van der Waals surface area (Å²) in [6.07, 6.45) is 1.09. The van der Waals surface area contributed by atoms with Crippen LogP contribution in [0, 0.1) is 5.82 Å². The van der Waals surface area contributed by atoms with E-state index in [0.29, 0.717) is 18.4 Å². The Morgan fingerprint density at radius 3 is 2.67 bits per heavy atom. The van der Waals surface area contributed by atoms with Crippen molar-refractivity contribution >= 4 is 5.97 Å². The normalized spacial score (nSPS) is 17.2. The summed E-state index contributed by atoms with van der Waals surface area (Å²) in [5.74, 6) is -1.37. The van der Waals surface area contributed by atoms with Gasteiger partial charge in [0.05, 0.1) is 12.5 Å². The van der Waals surface area contributed by atoms with Crippen LogP contribution in [0.25, 0.3) is 0 Å². The van der Waals surface area contributed by atoms with E-state index in [1.54, 1.807) is 6.07 Å². The molecule has 1 aromatic rings. The van der Waals surface area contributed by atoms with Gasteiger partial charge in [-0.15, -0.1) is 0 Å². The molecule has 0 aliphatic heterocycles. The molecule has 0 amide bonds. The van der Waals surface area contributed by atoms with E-state index in [0.717, 1.165) is 0 Å². The molecule has 0 unspecified atom stereocenters. The van der Waals surface area contributed by atoms with Crippen LogP contribution in [0.3, 0.4) is 0 Å². The van der Waals surface area contributed by atoms with E-state index in [9.17, 15) is 9.18 Å². The van der Waals surface area contributed by atoms with E-state index in [4.69, 9.17) is 9.84 Å². The maximum absolute atomic E-state index is 13.4. The lowest BCUT2D eigenvalue weighted by molar-refractivity contribution is -0.140. The number of benzene rings is 1. The summed E-state index contributed by atoms with van der Waals surface area (Å²) in [6.45, 7) is 0. The molecular weight excluding hydrogens is 199 g/mol. The topological polar surface area (TPSA) is 46.5 Å². The predicted octanol–water partition coefficient (Wildman–Crippen LogP) is 1.95. The van der Waals surface area contributed by atoms with Gasteiger partial charge in [0.1, 0.15) is 0 Å². The molecule has 1 aliphatic carbocycles. The van der Waals surface area contributed by atoms with Gasteiger partial charge < -0.3 is 9.84 Å². The van der Waals surface area contributed by atoms with Crippen LogP contribution in [0.4, 0.5) is 4.39 Å². The Hall–Kier alpha value is -1.58. The van der Waals surface area contributed by atoms with Gasteiger partial charge in [-0.1, -0.05) is 12.1 Å². The lowest BCUT2D eigenvalue weighted by Crippen LogP contribution is -2.20. The second-order valence-electron chi connectivity index (χ2n) is 3.71. The minimum Gasteiger partial charge on any atom is -0.493 e. The fraction of sp³-hybridized carbons (Fsp3) is 0.364. The average Bonchev–Trinajstić information content (AvgIpc) is 2.98. The predicted molar refractivity (Wildman–Crippen MR) is 51.5 cm³/mol. The van der Waals surface area contributed by atoms with Crippen LogP contribution in [0.2, 0.25) is 0 Å². The molecule has 1 saturated carbocycles. The maximum atomic E-state index is 13.4. The zero-order valence-corrected chi connectivity index (χ0v) is 8.29. The number of rotatable bonds is 3. The molecule has 0 bridgehead atoms. The molecule has 15 heavy (non-hydrogen) atoms. The van der Waals surface area contributed by atoms with E-state index >= 15 is 0 Å². The molecule has 1 N–H and O–H groups in total. The minimum atomic E-state index is -0.923. The van der Waals surface area contributed by atoms with Gasteiger partial charge in [-0.3, -0.25) is 4.79 Å². The Bertz CT molecular complexity index is 410. The first-order valence-corrected chi connectivity index (χ1v) is 4.68. The molecular formula is C11H11FO3. The Morgan fingerprint density at radius 2 is 2.20 bits per heavy atom. The standard InChI is InChI=1S/C11H11FO3/c1-15-9-7(3-2-4-8(9)12)11(5-6-11)10(13)14/h2-4H,5-6H2,1H3,(H,13,14). The Kier molecular flexibility index (Phi) is 2.14. The van der Waals surface area contributed by atoms with Gasteiger partial charge >= 0.3 is 5.97 Å². The van der Waals surface area contributed by atoms with Crippen LogP contribution in [0.15, 0.2) is 18.2 Å². The number of aliphatic carboxylic acids is 1. The number of halogens is 1. The number of hydrogen-bond donors (Lipinski definition) is 1. The summed E-state index contributed by atoms with van der Waals surface area (Å²) in [5, 5.41) is 9.09. The van der Waals surface area contributed by atoms with Crippen LogP contribution in [-0.4, -0.2) is 18.2 Å². The molecule has 0 spiro atoms. The van der Waals surface area contributed by atoms with Gasteiger partial charge in [0.15, 0.2) is 11.6 Å². The van der Waals surface area contributed by atoms with E-state index in [1.165, 1.54) is 19.2 Å². The Morgan fingerprint density at radius 1 is 1.53 bits per heavy atom. The zero-order valence-electron chi connectivity index (χ0n) is 8.29. The van der Waals surface area contributed by atoms with Gasteiger partial charge in [-0.05, 0) is 18.9 Å². The molecule has 0 atom stereocenters. The van der Waals surface area contributed by atoms with E-state index in [-0.39, 0.29) is 5.75 Å². The first-order valence-electron chi connectivity index (χ1n) is 4.68. The van der Waals surface area contributed by atoms with Crippen molar-refractivity contribution in [1.29, 1.82) is 0 Å². The van der Waals surface area contributed by atoms with Gasteiger partial charge in [-0.2, -0.15) is 0 Å². The van der Waals surface area contributed by atoms with Crippen LogP contribution in [-0.2, 0) is 10.2 Å². The van der Waals surface area contributed by atoms with Gasteiger partial charge in [-0.25, -0.2) is 4.39 Å². The average molecular weight is 210 g/mol. The van der Waals surface area contributed by atoms with Crippen molar-refractivity contribution in [2.75, 3.05) is 7.11 Å². The molecule has 0 aromatic heterocycles. The Labute approximate surface area is 86.5 Å². The van der Waals surface area contributed by atoms with Crippen molar-refractivity contribution in [3.8, 4) is 5.75 Å². The van der Waals surface area contributed by atoms with Gasteiger partial charge in [0, 0.05) is 5.56 Å². The number of carbonyl (C=O) groups is 1. The molecule has 1 aliphatic rings. The van der Waals surface area contributed by atoms with Crippen LogP contribution >= 0.6 is 0 Å². The summed E-state index contributed by atoms with van der Waals surface area (Å²) < 4.78 is 18.3. The lowest BCUT2D eigenvalue weighted by atomic mass is 9.95. The highest BCUT2D eigenvalue weighted by molar-refractivity contribution is 5.86. The third-order valence-corrected chi connectivity index (χ3v) is 2.85. The molecule has 1 aromatic carbocycles. The maximum Gasteiger partial charge on any atom is 0.314 e. The van der Waals surface area contributed by atoms with E-state index in [1.807, 2.05) is 0 Å². The number of methoxy groups -OCH3 is 1. The summed E-state index contributed by atoms with van der Waals surface area (Å²) in [5.41, 5.74) is -0.481. The first kappa shape index (κ1) is 9.96. The molecule has 0 radical (unpaired) electrons. The molecule has 3 nitrogen and oxygen atoms in total. The number of carboxylic acid groups (broad SMARTS) is 1. The quantitative estimate of drug-likeness (QED) is 0.829. The largest absolute Gasteiger partial charge is 0.493 e. The Balaban J connectivity index is 2.53. The van der Waals surface area contributed by atoms with Crippen molar-refractivity contribution in [1.82, 2.24) is 0 Å². The summed E-state index contributed by atoms with van der Waals surface area (Å²) in [6, 6.07) is 4.39. The van der Waals surface area contributed by atoms with E-state index < -0.39 is 17.2 Å². The molecule has 1 fully saturated rings. The fourth-order valence-corrected chi connectivity index (χ4v) is 1.82. The van der Waals surface area contributed by atoms with Crippen LogP contribution in [0.1, 0.15) is 18.4 Å². The molecule has 0 heterocycles. The highest BCUT2D eigenvalue weighted by Gasteiger charge is 2.53. The monoisotopic (exact) mass is 210 g/mol. The third-order valence-electron chi connectivity index (χ3n) is 2.85. The summed E-state index contributed by atoms with van der Waals surface area (Å²) in [4.78, 5) is 11.1. The third kappa shape index (κ3) is 1.37. The van der Waals surface area contributed by atoms with Crippen LogP contribution < -0.4 is 4.74 Å².